The first kappa shape index (κ1) is 15.7. The first-order valence-corrected chi connectivity index (χ1v) is 1.85. The van der Waals surface area contributed by atoms with Crippen LogP contribution >= 0.6 is 0 Å². The minimum atomic E-state index is -4.94. The van der Waals surface area contributed by atoms with E-state index < -0.39 is 10.2 Å². The average Bonchev–Trinajstić information content (AvgIpc) is 0.722. The summed E-state index contributed by atoms with van der Waals surface area (Å²) in [5, 5.41) is 0. The summed E-state index contributed by atoms with van der Waals surface area (Å²) in [6.07, 6.45) is 0. The van der Waals surface area contributed by atoms with Gasteiger partial charge < -0.3 is 5.48 Å². The molecule has 0 radical (unpaired) electrons. The van der Waals surface area contributed by atoms with Gasteiger partial charge in [0.25, 0.3) is 0 Å². The number of halogens is 1. The molecule has 0 saturated carbocycles. The van der Waals surface area contributed by atoms with Gasteiger partial charge >= 0.3 is 27.3 Å². The Kier molecular flexibility index (Phi) is 11.5. The van der Waals surface area contributed by atoms with Crippen LogP contribution in [0.15, 0.2) is 0 Å². The molecule has 40 valence electrons. The van der Waals surface area contributed by atoms with Crippen molar-refractivity contribution in [2.24, 2.45) is 0 Å². The van der Waals surface area contributed by atoms with Gasteiger partial charge in [-0.1, -0.05) is 0 Å². The van der Waals surface area contributed by atoms with Crippen LogP contribution in [0.3, 0.4) is 0 Å². The third-order valence-electron chi connectivity index (χ3n) is 0. The third kappa shape index (κ3) is 172. The largest absolute Gasteiger partial charge is 2.00 e. The summed E-state index contributed by atoms with van der Waals surface area (Å²) in [5.41, 5.74) is 0. The minimum Gasteiger partial charge on any atom is -0.412 e. The van der Waals surface area contributed by atoms with E-state index in [1.165, 1.54) is 0 Å². The van der Waals surface area contributed by atoms with Crippen LogP contribution in [0.4, 0.5) is 0 Å². The molecule has 0 saturated heterocycles. The van der Waals surface area contributed by atoms with Gasteiger partial charge in [0.05, 0.1) is 0 Å². The predicted molar refractivity (Wildman–Crippen MR) is 3.61 cm³/mol. The fourth-order valence-corrected chi connectivity index (χ4v) is 0. The van der Waals surface area contributed by atoms with E-state index in [1.807, 2.05) is 0 Å². The van der Waals surface area contributed by atoms with Crippen molar-refractivity contribution in [1.29, 1.82) is 0 Å². The molecule has 0 heterocycles. The van der Waals surface area contributed by atoms with Crippen molar-refractivity contribution in [1.82, 2.24) is 0 Å². The van der Waals surface area contributed by atoms with Gasteiger partial charge in [0.1, 0.15) is 0 Å². The minimum absolute atomic E-state index is 0. The van der Waals surface area contributed by atoms with Gasteiger partial charge in [-0.05, 0) is 0 Å². The van der Waals surface area contributed by atoms with Crippen molar-refractivity contribution >= 4 is 0 Å². The normalized spacial score (nSPS) is 8.57. The van der Waals surface area contributed by atoms with Crippen LogP contribution in [0.25, 0.3) is 0 Å². The summed E-state index contributed by atoms with van der Waals surface area (Å²) in [4.78, 5) is 0. The van der Waals surface area contributed by atoms with Gasteiger partial charge in [0.2, 0.25) is 0 Å². The number of hydrogen-bond donors (Lipinski definition) is 0. The summed E-state index contributed by atoms with van der Waals surface area (Å²) < 4.78 is 34.0. The van der Waals surface area contributed by atoms with E-state index in [1.54, 1.807) is 0 Å². The molecule has 0 aromatic carbocycles. The number of hydrogen-bond acceptors (Lipinski definition) is 4. The van der Waals surface area contributed by atoms with Gasteiger partial charge in [-0.25, -0.2) is 18.6 Å². The van der Waals surface area contributed by atoms with Gasteiger partial charge in [-0.3, -0.25) is 0 Å². The van der Waals surface area contributed by atoms with Crippen molar-refractivity contribution in [2.45, 2.75) is 0 Å². The topological polar surface area (TPSA) is 124 Å². The van der Waals surface area contributed by atoms with Gasteiger partial charge in [-0.2, -0.15) is 0 Å². The molecule has 5 nitrogen and oxygen atoms in total. The maximum absolute atomic E-state index is 8.49. The van der Waals surface area contributed by atoms with Crippen LogP contribution in [-0.4, -0.2) is 5.48 Å². The SMILES string of the molecule is O.[Cd+2].[O-][Cl+3]([O-])([O-])[O-]. The predicted octanol–water partition coefficient (Wildman–Crippen LogP) is -5.58. The van der Waals surface area contributed by atoms with Gasteiger partial charge in [0, 0.05) is 0 Å². The first-order valence-electron chi connectivity index (χ1n) is 0.617. The van der Waals surface area contributed by atoms with Crippen molar-refractivity contribution in [3.05, 3.63) is 0 Å². The van der Waals surface area contributed by atoms with E-state index in [9.17, 15) is 0 Å². The number of rotatable bonds is 0. The summed E-state index contributed by atoms with van der Waals surface area (Å²) >= 11 is 0. The van der Waals surface area contributed by atoms with E-state index in [-0.39, 0.29) is 32.8 Å². The zero-order chi connectivity index (χ0) is 4.50. The van der Waals surface area contributed by atoms with Crippen molar-refractivity contribution < 1.29 is 61.7 Å². The zero-order valence-electron chi connectivity index (χ0n) is 3.22. The maximum atomic E-state index is 8.49. The molecule has 0 fully saturated rings. The van der Waals surface area contributed by atoms with Crippen molar-refractivity contribution in [3.63, 3.8) is 0 Å². The molecule has 0 aliphatic heterocycles. The van der Waals surface area contributed by atoms with E-state index in [2.05, 4.69) is 0 Å². The fraction of sp³-hybridized carbons (Fsp3) is 0. The Balaban J connectivity index is -0.0000000800. The van der Waals surface area contributed by atoms with E-state index in [0.29, 0.717) is 0 Å². The fourth-order valence-electron chi connectivity index (χ4n) is 0. The molecule has 7 heavy (non-hydrogen) atoms. The van der Waals surface area contributed by atoms with Crippen LogP contribution in [0.1, 0.15) is 0 Å². The summed E-state index contributed by atoms with van der Waals surface area (Å²) in [7, 11) is -4.94. The Labute approximate surface area is 61.8 Å². The monoisotopic (exact) mass is 231 g/mol. The summed E-state index contributed by atoms with van der Waals surface area (Å²) in [6.45, 7) is 0. The Bertz CT molecular complexity index is 23.6. The Morgan fingerprint density at radius 3 is 0.857 bits per heavy atom. The smallest absolute Gasteiger partial charge is 0.412 e. The second-order valence-electron chi connectivity index (χ2n) is 0.378. The molecule has 0 rings (SSSR count). The van der Waals surface area contributed by atoms with E-state index >= 15 is 0 Å². The quantitative estimate of drug-likeness (QED) is 0.384. The summed E-state index contributed by atoms with van der Waals surface area (Å²) in [6, 6.07) is 0. The molecular formula is H2CdClO5+. The first-order chi connectivity index (χ1) is 2.00. The molecule has 0 aliphatic rings. The second-order valence-corrected chi connectivity index (χ2v) is 1.13. The van der Waals surface area contributed by atoms with Crippen LogP contribution in [-0.2, 0) is 27.3 Å². The van der Waals surface area contributed by atoms with Gasteiger partial charge in [0.15, 0.2) is 0 Å². The third-order valence-corrected chi connectivity index (χ3v) is 0. The molecule has 2 N–H and O–H groups in total. The van der Waals surface area contributed by atoms with Gasteiger partial charge in [-0.15, -0.1) is 10.2 Å². The molecule has 0 amide bonds. The molecule has 0 aliphatic carbocycles. The van der Waals surface area contributed by atoms with Crippen LogP contribution in [0.2, 0.25) is 0 Å². The maximum Gasteiger partial charge on any atom is 2.00 e. The van der Waals surface area contributed by atoms with E-state index in [4.69, 9.17) is 18.6 Å². The molecular weight excluding hydrogens is 228 g/mol. The molecule has 0 atom stereocenters. The molecule has 7 heteroatoms. The molecule has 0 bridgehead atoms. The van der Waals surface area contributed by atoms with Crippen molar-refractivity contribution in [3.8, 4) is 0 Å². The Morgan fingerprint density at radius 2 is 0.857 bits per heavy atom. The van der Waals surface area contributed by atoms with Crippen LogP contribution < -0.4 is 18.6 Å². The second kappa shape index (κ2) is 5.15. The van der Waals surface area contributed by atoms with Crippen LogP contribution in [0, 0.1) is 10.2 Å². The Hall–Kier alpha value is 1.01. The molecule has 0 aromatic heterocycles. The average molecular weight is 230 g/mol. The molecule has 0 unspecified atom stereocenters. The van der Waals surface area contributed by atoms with E-state index in [0.717, 1.165) is 0 Å². The standard InChI is InChI=1S/Cd.ClHO4.H2O/c;2-1(3,4)5;/h;(H,2,3,4,5);1H2/q+2;;/p-1. The summed E-state index contributed by atoms with van der Waals surface area (Å²) in [5.74, 6) is 0. The Morgan fingerprint density at radius 1 is 0.857 bits per heavy atom. The zero-order valence-corrected chi connectivity index (χ0v) is 8.01. The molecule has 0 aromatic rings. The van der Waals surface area contributed by atoms with Crippen molar-refractivity contribution in [2.75, 3.05) is 0 Å². The molecule has 0 spiro atoms. The van der Waals surface area contributed by atoms with Crippen LogP contribution in [0.5, 0.6) is 0 Å².